The van der Waals surface area contributed by atoms with Crippen molar-refractivity contribution in [3.05, 3.63) is 48.0 Å². The van der Waals surface area contributed by atoms with E-state index in [-0.39, 0.29) is 11.9 Å². The molecule has 0 bridgehead atoms. The lowest BCUT2D eigenvalue weighted by atomic mass is 9.96. The van der Waals surface area contributed by atoms with E-state index in [1.807, 2.05) is 42.5 Å². The molecule has 1 aliphatic carbocycles. The van der Waals surface area contributed by atoms with Crippen LogP contribution in [0.3, 0.4) is 0 Å². The molecule has 0 heterocycles. The zero-order valence-corrected chi connectivity index (χ0v) is 12.0. The van der Waals surface area contributed by atoms with Gasteiger partial charge in [0.15, 0.2) is 0 Å². The Bertz CT molecular complexity index is 655. The van der Waals surface area contributed by atoms with E-state index in [1.54, 1.807) is 0 Å². The summed E-state index contributed by atoms with van der Waals surface area (Å²) < 4.78 is 0. The lowest BCUT2D eigenvalue weighted by Crippen LogP contribution is -2.18. The van der Waals surface area contributed by atoms with Crippen molar-refractivity contribution in [2.75, 3.05) is 0 Å². The van der Waals surface area contributed by atoms with Gasteiger partial charge in [0.25, 0.3) is 5.91 Å². The number of carbonyl (C=O) groups is 1. The van der Waals surface area contributed by atoms with Gasteiger partial charge in [0, 0.05) is 5.56 Å². The van der Waals surface area contributed by atoms with Gasteiger partial charge in [-0.2, -0.15) is 5.11 Å². The molecule has 1 fully saturated rings. The Labute approximate surface area is 124 Å². The Morgan fingerprint density at radius 3 is 2.62 bits per heavy atom. The zero-order chi connectivity index (χ0) is 14.5. The first-order valence-electron chi connectivity index (χ1n) is 7.52. The second-order valence-corrected chi connectivity index (χ2v) is 5.47. The molecule has 1 saturated carbocycles. The van der Waals surface area contributed by atoms with Gasteiger partial charge >= 0.3 is 0 Å². The third-order valence-corrected chi connectivity index (χ3v) is 3.98. The van der Waals surface area contributed by atoms with Crippen molar-refractivity contribution in [1.82, 2.24) is 5.43 Å². The molecule has 0 unspecified atom stereocenters. The summed E-state index contributed by atoms with van der Waals surface area (Å²) >= 11 is 0. The van der Waals surface area contributed by atoms with E-state index in [1.165, 1.54) is 19.3 Å². The number of nitrogens with one attached hydrogen (secondary N) is 1. The third kappa shape index (κ3) is 3.27. The molecule has 108 valence electrons. The van der Waals surface area contributed by atoms with Crippen LogP contribution in [0, 0.1) is 0 Å². The van der Waals surface area contributed by atoms with Crippen LogP contribution in [0.15, 0.2) is 52.8 Å². The van der Waals surface area contributed by atoms with Crippen LogP contribution in [0.5, 0.6) is 0 Å². The average Bonchev–Trinajstić information content (AvgIpc) is 2.55. The number of rotatable bonds is 3. The molecule has 4 nitrogen and oxygen atoms in total. The van der Waals surface area contributed by atoms with E-state index in [4.69, 9.17) is 0 Å². The largest absolute Gasteiger partial charge is 0.273 e. The van der Waals surface area contributed by atoms with Crippen LogP contribution in [0.1, 0.15) is 42.5 Å². The van der Waals surface area contributed by atoms with E-state index in [9.17, 15) is 4.79 Å². The Morgan fingerprint density at radius 1 is 1.00 bits per heavy atom. The normalized spacial score (nSPS) is 16.4. The standard InChI is InChI=1S/C17H19N3O/c21-17(19-20-18-14-9-2-1-3-10-14)16-12-6-8-13-7-4-5-11-15(13)16/h4-8,11-12,14H,1-3,9-10H2,(H,18,19,21). The number of carbonyl (C=O) groups excluding carboxylic acids is 1. The van der Waals surface area contributed by atoms with Gasteiger partial charge in [-0.05, 0) is 29.7 Å². The minimum Gasteiger partial charge on any atom is -0.267 e. The highest BCUT2D eigenvalue weighted by atomic mass is 16.2. The van der Waals surface area contributed by atoms with Crippen molar-refractivity contribution in [1.29, 1.82) is 0 Å². The van der Waals surface area contributed by atoms with Gasteiger partial charge in [-0.15, -0.1) is 0 Å². The molecule has 2 aromatic rings. The lowest BCUT2D eigenvalue weighted by Gasteiger charge is -2.15. The first-order valence-corrected chi connectivity index (χ1v) is 7.52. The van der Waals surface area contributed by atoms with E-state index < -0.39 is 0 Å². The first-order chi connectivity index (χ1) is 10.3. The summed E-state index contributed by atoms with van der Waals surface area (Å²) in [4.78, 5) is 12.2. The number of nitrogens with zero attached hydrogens (tertiary/aromatic N) is 2. The number of amides is 1. The summed E-state index contributed by atoms with van der Waals surface area (Å²) in [6.45, 7) is 0. The fraction of sp³-hybridized carbons (Fsp3) is 0.353. The fourth-order valence-corrected chi connectivity index (χ4v) is 2.84. The molecule has 3 rings (SSSR count). The molecule has 1 amide bonds. The highest BCUT2D eigenvalue weighted by molar-refractivity contribution is 6.06. The summed E-state index contributed by atoms with van der Waals surface area (Å²) in [5, 5.41) is 10.1. The van der Waals surface area contributed by atoms with E-state index in [0.29, 0.717) is 5.56 Å². The van der Waals surface area contributed by atoms with Crippen LogP contribution >= 0.6 is 0 Å². The predicted octanol–water partition coefficient (Wildman–Crippen LogP) is 4.27. The smallest absolute Gasteiger partial charge is 0.267 e. The van der Waals surface area contributed by atoms with Gasteiger partial charge in [-0.1, -0.05) is 60.9 Å². The number of fused-ring (bicyclic) bond motifs is 1. The van der Waals surface area contributed by atoms with Gasteiger partial charge in [0.1, 0.15) is 0 Å². The molecule has 1 N–H and O–H groups in total. The fourth-order valence-electron chi connectivity index (χ4n) is 2.84. The molecule has 4 heteroatoms. The van der Waals surface area contributed by atoms with E-state index >= 15 is 0 Å². The topological polar surface area (TPSA) is 53.8 Å². The maximum atomic E-state index is 12.2. The molecule has 0 saturated heterocycles. The van der Waals surface area contributed by atoms with Crippen molar-refractivity contribution < 1.29 is 4.79 Å². The van der Waals surface area contributed by atoms with Crippen molar-refractivity contribution >= 4 is 16.7 Å². The molecule has 0 aliphatic heterocycles. The Balaban J connectivity index is 1.70. The Kier molecular flexibility index (Phi) is 4.24. The SMILES string of the molecule is O=C(NN=NC1CCCCC1)c1cccc2ccccc12. The van der Waals surface area contributed by atoms with Crippen molar-refractivity contribution in [3.8, 4) is 0 Å². The van der Waals surface area contributed by atoms with Gasteiger partial charge in [0.05, 0.1) is 6.04 Å². The van der Waals surface area contributed by atoms with Crippen molar-refractivity contribution in [3.63, 3.8) is 0 Å². The van der Waals surface area contributed by atoms with Crippen LogP contribution in [0.25, 0.3) is 10.8 Å². The molecular formula is C17H19N3O. The van der Waals surface area contributed by atoms with Crippen molar-refractivity contribution in [2.45, 2.75) is 38.1 Å². The molecule has 0 atom stereocenters. The highest BCUT2D eigenvalue weighted by Gasteiger charge is 2.12. The molecule has 1 aliphatic rings. The summed E-state index contributed by atoms with van der Waals surface area (Å²) in [5.74, 6) is -0.202. The van der Waals surface area contributed by atoms with Crippen LogP contribution in [-0.2, 0) is 0 Å². The molecule has 0 aromatic heterocycles. The maximum absolute atomic E-state index is 12.2. The van der Waals surface area contributed by atoms with Crippen LogP contribution in [0.2, 0.25) is 0 Å². The molecule has 0 radical (unpaired) electrons. The highest BCUT2D eigenvalue weighted by Crippen LogP contribution is 2.20. The van der Waals surface area contributed by atoms with Gasteiger partial charge in [-0.25, -0.2) is 5.43 Å². The molecular weight excluding hydrogens is 262 g/mol. The van der Waals surface area contributed by atoms with E-state index in [0.717, 1.165) is 23.6 Å². The molecule has 2 aromatic carbocycles. The molecule has 21 heavy (non-hydrogen) atoms. The summed E-state index contributed by atoms with van der Waals surface area (Å²) in [7, 11) is 0. The number of hydrogen-bond acceptors (Lipinski definition) is 3. The van der Waals surface area contributed by atoms with Crippen LogP contribution < -0.4 is 5.43 Å². The quantitative estimate of drug-likeness (QED) is 0.663. The van der Waals surface area contributed by atoms with Gasteiger partial charge < -0.3 is 0 Å². The number of hydrogen-bond donors (Lipinski definition) is 1. The van der Waals surface area contributed by atoms with Crippen LogP contribution in [-0.4, -0.2) is 11.9 Å². The predicted molar refractivity (Wildman–Crippen MR) is 83.1 cm³/mol. The summed E-state index contributed by atoms with van der Waals surface area (Å²) in [6, 6.07) is 13.8. The maximum Gasteiger partial charge on any atom is 0.273 e. The Morgan fingerprint density at radius 2 is 1.76 bits per heavy atom. The Hall–Kier alpha value is -2.23. The zero-order valence-electron chi connectivity index (χ0n) is 12.0. The van der Waals surface area contributed by atoms with Crippen molar-refractivity contribution in [2.24, 2.45) is 10.3 Å². The molecule has 0 spiro atoms. The minimum atomic E-state index is -0.202. The minimum absolute atomic E-state index is 0.202. The van der Waals surface area contributed by atoms with Crippen LogP contribution in [0.4, 0.5) is 0 Å². The second kappa shape index (κ2) is 6.48. The first kappa shape index (κ1) is 13.7. The van der Waals surface area contributed by atoms with Gasteiger partial charge in [0.2, 0.25) is 0 Å². The monoisotopic (exact) mass is 281 g/mol. The summed E-state index contributed by atoms with van der Waals surface area (Å²) in [5.41, 5.74) is 3.19. The number of benzene rings is 2. The lowest BCUT2D eigenvalue weighted by molar-refractivity contribution is 0.0952. The summed E-state index contributed by atoms with van der Waals surface area (Å²) in [6.07, 6.45) is 5.86. The third-order valence-electron chi connectivity index (χ3n) is 3.98. The van der Waals surface area contributed by atoms with Gasteiger partial charge in [-0.3, -0.25) is 4.79 Å². The average molecular weight is 281 g/mol. The second-order valence-electron chi connectivity index (χ2n) is 5.47. The van der Waals surface area contributed by atoms with E-state index in [2.05, 4.69) is 15.8 Å².